The quantitative estimate of drug-likeness (QED) is 0.525. The van der Waals surface area contributed by atoms with Crippen LogP contribution in [0.4, 0.5) is 0 Å². The summed E-state index contributed by atoms with van der Waals surface area (Å²) >= 11 is 6.30. The Morgan fingerprint density at radius 3 is 2.84 bits per heavy atom. The van der Waals surface area contributed by atoms with Crippen LogP contribution >= 0.6 is 11.6 Å². The summed E-state index contributed by atoms with van der Waals surface area (Å²) < 4.78 is 5.23. The van der Waals surface area contributed by atoms with Crippen LogP contribution in [0.25, 0.3) is 22.3 Å². The Labute approximate surface area is 149 Å². The van der Waals surface area contributed by atoms with Crippen molar-refractivity contribution in [2.45, 2.75) is 6.54 Å². The van der Waals surface area contributed by atoms with E-state index < -0.39 is 0 Å². The summed E-state index contributed by atoms with van der Waals surface area (Å²) in [7, 11) is 1.62. The number of para-hydroxylation sites is 1. The Morgan fingerprint density at radius 1 is 1.08 bits per heavy atom. The van der Waals surface area contributed by atoms with Crippen LogP contribution in [-0.4, -0.2) is 32.3 Å². The number of aromatic nitrogens is 5. The number of rotatable bonds is 4. The average Bonchev–Trinajstić information content (AvgIpc) is 3.11. The fourth-order valence-electron chi connectivity index (χ4n) is 2.59. The van der Waals surface area contributed by atoms with E-state index >= 15 is 0 Å². The van der Waals surface area contributed by atoms with Gasteiger partial charge in [-0.1, -0.05) is 41.9 Å². The lowest BCUT2D eigenvalue weighted by Gasteiger charge is -2.05. The molecule has 0 spiro atoms. The van der Waals surface area contributed by atoms with Gasteiger partial charge in [0, 0.05) is 16.5 Å². The fraction of sp³-hybridized carbons (Fsp3) is 0.111. The number of hydrogen-bond acceptors (Lipinski definition) is 5. The minimum Gasteiger partial charge on any atom is -0.497 e. The van der Waals surface area contributed by atoms with Gasteiger partial charge in [-0.2, -0.15) is 4.80 Å². The number of pyridine rings is 1. The third kappa shape index (κ3) is 3.16. The Hall–Kier alpha value is -2.99. The maximum Gasteiger partial charge on any atom is 0.205 e. The monoisotopic (exact) mass is 351 g/mol. The van der Waals surface area contributed by atoms with Crippen molar-refractivity contribution in [1.29, 1.82) is 0 Å². The van der Waals surface area contributed by atoms with E-state index in [4.69, 9.17) is 16.3 Å². The number of halogens is 1. The van der Waals surface area contributed by atoms with Gasteiger partial charge in [0.2, 0.25) is 5.82 Å². The third-order valence-electron chi connectivity index (χ3n) is 3.84. The average molecular weight is 352 g/mol. The van der Waals surface area contributed by atoms with Crippen LogP contribution in [0.15, 0.2) is 54.6 Å². The summed E-state index contributed by atoms with van der Waals surface area (Å²) in [6.45, 7) is 0.396. The highest BCUT2D eigenvalue weighted by molar-refractivity contribution is 6.30. The molecule has 0 atom stereocenters. The van der Waals surface area contributed by atoms with Crippen molar-refractivity contribution in [3.8, 4) is 17.1 Å². The zero-order valence-electron chi connectivity index (χ0n) is 13.4. The third-order valence-corrected chi connectivity index (χ3v) is 4.17. The molecule has 4 aromatic rings. The summed E-state index contributed by atoms with van der Waals surface area (Å²) in [5.74, 6) is 1.28. The van der Waals surface area contributed by atoms with E-state index in [1.165, 1.54) is 4.80 Å². The van der Waals surface area contributed by atoms with Gasteiger partial charge in [-0.15, -0.1) is 10.2 Å². The van der Waals surface area contributed by atoms with Crippen molar-refractivity contribution < 1.29 is 4.74 Å². The molecule has 2 aromatic carbocycles. The number of benzene rings is 2. The molecule has 25 heavy (non-hydrogen) atoms. The minimum atomic E-state index is 0.396. The molecule has 4 rings (SSSR count). The largest absolute Gasteiger partial charge is 0.497 e. The van der Waals surface area contributed by atoms with E-state index in [1.54, 1.807) is 7.11 Å². The molecule has 0 aliphatic carbocycles. The molecular formula is C18H14ClN5O. The van der Waals surface area contributed by atoms with Gasteiger partial charge in [0.1, 0.15) is 10.9 Å². The molecule has 7 heteroatoms. The van der Waals surface area contributed by atoms with Crippen LogP contribution < -0.4 is 4.74 Å². The second-order valence-corrected chi connectivity index (χ2v) is 5.86. The lowest BCUT2D eigenvalue weighted by Crippen LogP contribution is -2.05. The van der Waals surface area contributed by atoms with Gasteiger partial charge in [-0.25, -0.2) is 4.98 Å². The Balaban J connectivity index is 1.64. The lowest BCUT2D eigenvalue weighted by atomic mass is 10.1. The fourth-order valence-corrected chi connectivity index (χ4v) is 2.79. The molecule has 0 bridgehead atoms. The van der Waals surface area contributed by atoms with Gasteiger partial charge < -0.3 is 4.74 Å². The number of methoxy groups -OCH3 is 1. The molecule has 0 fully saturated rings. The van der Waals surface area contributed by atoms with E-state index in [9.17, 15) is 0 Å². The van der Waals surface area contributed by atoms with E-state index in [0.717, 1.165) is 27.8 Å². The molecule has 0 saturated heterocycles. The predicted octanol–water partition coefficient (Wildman–Crippen LogP) is 3.60. The highest BCUT2D eigenvalue weighted by atomic mass is 35.5. The number of nitrogens with zero attached hydrogens (tertiary/aromatic N) is 5. The van der Waals surface area contributed by atoms with E-state index in [0.29, 0.717) is 17.5 Å². The molecular weight excluding hydrogens is 338 g/mol. The van der Waals surface area contributed by atoms with E-state index in [1.807, 2.05) is 54.6 Å². The Kier molecular flexibility index (Phi) is 4.03. The zero-order chi connectivity index (χ0) is 17.2. The second kappa shape index (κ2) is 6.49. The maximum absolute atomic E-state index is 6.30. The first kappa shape index (κ1) is 15.5. The van der Waals surface area contributed by atoms with Crippen LogP contribution in [0.5, 0.6) is 5.75 Å². The molecule has 0 aliphatic rings. The first-order chi connectivity index (χ1) is 12.2. The van der Waals surface area contributed by atoms with Gasteiger partial charge in [0.05, 0.1) is 19.2 Å². The number of fused-ring (bicyclic) bond motifs is 1. The molecule has 0 amide bonds. The van der Waals surface area contributed by atoms with Crippen LogP contribution in [0.1, 0.15) is 5.56 Å². The molecule has 0 N–H and O–H groups in total. The molecule has 0 aliphatic heterocycles. The molecule has 0 saturated carbocycles. The Morgan fingerprint density at radius 2 is 1.96 bits per heavy atom. The summed E-state index contributed by atoms with van der Waals surface area (Å²) in [6.07, 6.45) is 0. The van der Waals surface area contributed by atoms with Gasteiger partial charge >= 0.3 is 0 Å². The smallest absolute Gasteiger partial charge is 0.205 e. The van der Waals surface area contributed by atoms with Gasteiger partial charge in [-0.3, -0.25) is 0 Å². The van der Waals surface area contributed by atoms with Crippen molar-refractivity contribution in [2.75, 3.05) is 7.11 Å². The van der Waals surface area contributed by atoms with Gasteiger partial charge in [0.25, 0.3) is 0 Å². The molecule has 124 valence electrons. The van der Waals surface area contributed by atoms with E-state index in [2.05, 4.69) is 20.4 Å². The van der Waals surface area contributed by atoms with Crippen molar-refractivity contribution >= 4 is 22.5 Å². The minimum absolute atomic E-state index is 0.396. The topological polar surface area (TPSA) is 65.7 Å². The summed E-state index contributed by atoms with van der Waals surface area (Å²) in [6, 6.07) is 17.4. The molecule has 6 nitrogen and oxygen atoms in total. The summed E-state index contributed by atoms with van der Waals surface area (Å²) in [5, 5.41) is 14.1. The van der Waals surface area contributed by atoms with Crippen molar-refractivity contribution in [3.05, 3.63) is 65.3 Å². The number of ether oxygens (including phenoxy) is 1. The lowest BCUT2D eigenvalue weighted by molar-refractivity contribution is 0.415. The summed E-state index contributed by atoms with van der Waals surface area (Å²) in [4.78, 5) is 5.93. The maximum atomic E-state index is 6.30. The van der Waals surface area contributed by atoms with Crippen LogP contribution in [-0.2, 0) is 6.54 Å². The SMILES string of the molecule is COc1cccc(-c2nnn(Cc3cc4ccccc4nc3Cl)n2)c1. The standard InChI is InChI=1S/C18H14ClN5O/c1-25-15-7-4-6-13(10-15)18-21-23-24(22-18)11-14-9-12-5-2-3-8-16(12)20-17(14)19/h2-10H,11H2,1H3. The molecule has 0 unspecified atom stereocenters. The first-order valence-electron chi connectivity index (χ1n) is 7.69. The van der Waals surface area contributed by atoms with Crippen LogP contribution in [0, 0.1) is 0 Å². The van der Waals surface area contributed by atoms with Crippen molar-refractivity contribution in [3.63, 3.8) is 0 Å². The van der Waals surface area contributed by atoms with Crippen LogP contribution in [0.2, 0.25) is 5.15 Å². The molecule has 0 radical (unpaired) electrons. The molecule has 2 aromatic heterocycles. The van der Waals surface area contributed by atoms with Gasteiger partial charge in [0.15, 0.2) is 0 Å². The first-order valence-corrected chi connectivity index (χ1v) is 8.07. The number of hydrogen-bond donors (Lipinski definition) is 0. The van der Waals surface area contributed by atoms with Crippen LogP contribution in [0.3, 0.4) is 0 Å². The van der Waals surface area contributed by atoms with E-state index in [-0.39, 0.29) is 0 Å². The van der Waals surface area contributed by atoms with Gasteiger partial charge in [-0.05, 0) is 29.5 Å². The van der Waals surface area contributed by atoms with Crippen molar-refractivity contribution in [1.82, 2.24) is 25.2 Å². The zero-order valence-corrected chi connectivity index (χ0v) is 14.2. The van der Waals surface area contributed by atoms with Crippen molar-refractivity contribution in [2.24, 2.45) is 0 Å². The normalized spacial score (nSPS) is 11.0. The molecule has 2 heterocycles. The highest BCUT2D eigenvalue weighted by Crippen LogP contribution is 2.22. The number of tetrazole rings is 1. The highest BCUT2D eigenvalue weighted by Gasteiger charge is 2.10. The predicted molar refractivity (Wildman–Crippen MR) is 95.7 cm³/mol. The Bertz CT molecular complexity index is 1050. The summed E-state index contributed by atoms with van der Waals surface area (Å²) in [5.41, 5.74) is 2.54. The second-order valence-electron chi connectivity index (χ2n) is 5.51.